The molecule has 8 rings (SSSR count). The summed E-state index contributed by atoms with van der Waals surface area (Å²) in [5, 5.41) is 0. The lowest BCUT2D eigenvalue weighted by atomic mass is 9.73. The van der Waals surface area contributed by atoms with Gasteiger partial charge in [-0.05, 0) is 75.8 Å². The Kier molecular flexibility index (Phi) is 5.17. The van der Waals surface area contributed by atoms with E-state index in [1.807, 2.05) is 12.3 Å². The minimum Gasteiger partial charge on any atom is -0.304 e. The zero-order valence-electron chi connectivity index (χ0n) is 23.1. The largest absolute Gasteiger partial charge is 0.304 e. The first-order chi connectivity index (χ1) is 20.1. The fourth-order valence-corrected chi connectivity index (χ4v) is 6.61. The molecular formula is C38H29N3. The Bertz CT molecular complexity index is 1870. The number of fused-ring (bicyclic) bond motifs is 4. The van der Waals surface area contributed by atoms with Crippen molar-refractivity contribution in [2.24, 2.45) is 0 Å². The summed E-state index contributed by atoms with van der Waals surface area (Å²) in [6.07, 6.45) is 1.90. The van der Waals surface area contributed by atoms with Gasteiger partial charge in [-0.1, -0.05) is 105 Å². The summed E-state index contributed by atoms with van der Waals surface area (Å²) in [6, 6.07) is 48.0. The lowest BCUT2D eigenvalue weighted by Gasteiger charge is -2.47. The lowest BCUT2D eigenvalue weighted by molar-refractivity contribution is 0.631. The summed E-state index contributed by atoms with van der Waals surface area (Å²) >= 11 is 0. The van der Waals surface area contributed by atoms with E-state index in [1.165, 1.54) is 44.8 Å². The number of benzene rings is 5. The van der Waals surface area contributed by atoms with Crippen LogP contribution in [0.2, 0.25) is 0 Å². The second-order valence-electron chi connectivity index (χ2n) is 11.3. The first kappa shape index (κ1) is 23.7. The first-order valence-electron chi connectivity index (χ1n) is 14.2. The molecule has 196 valence electrons. The van der Waals surface area contributed by atoms with Gasteiger partial charge in [-0.15, -0.1) is 0 Å². The lowest BCUT2D eigenvalue weighted by Crippen LogP contribution is -2.35. The Balaban J connectivity index is 1.43. The van der Waals surface area contributed by atoms with Crippen LogP contribution in [0.1, 0.15) is 25.0 Å². The minimum atomic E-state index is -0.148. The minimum absolute atomic E-state index is 0.148. The van der Waals surface area contributed by atoms with E-state index in [0.717, 1.165) is 22.9 Å². The summed E-state index contributed by atoms with van der Waals surface area (Å²) in [5.41, 5.74) is 13.0. The third kappa shape index (κ3) is 3.56. The number of rotatable bonds is 3. The maximum absolute atomic E-state index is 5.03. The highest BCUT2D eigenvalue weighted by Gasteiger charge is 2.42. The van der Waals surface area contributed by atoms with Crippen LogP contribution in [0.4, 0.5) is 34.3 Å². The van der Waals surface area contributed by atoms with Crippen LogP contribution >= 0.6 is 0 Å². The molecule has 0 unspecified atom stereocenters. The number of para-hydroxylation sites is 2. The van der Waals surface area contributed by atoms with Crippen molar-refractivity contribution >= 4 is 34.3 Å². The van der Waals surface area contributed by atoms with Crippen LogP contribution in [0.25, 0.3) is 22.3 Å². The van der Waals surface area contributed by atoms with Crippen molar-refractivity contribution in [1.29, 1.82) is 0 Å². The van der Waals surface area contributed by atoms with E-state index in [0.29, 0.717) is 0 Å². The Morgan fingerprint density at radius 3 is 1.78 bits per heavy atom. The molecule has 0 saturated carbocycles. The molecule has 0 atom stereocenters. The molecule has 0 aliphatic carbocycles. The molecule has 3 heterocycles. The molecule has 3 nitrogen and oxygen atoms in total. The van der Waals surface area contributed by atoms with Crippen LogP contribution in [-0.2, 0) is 5.41 Å². The van der Waals surface area contributed by atoms with Crippen molar-refractivity contribution in [2.45, 2.75) is 19.3 Å². The number of hydrogen-bond donors (Lipinski definition) is 0. The molecule has 0 N–H and O–H groups in total. The number of aromatic nitrogens is 1. The van der Waals surface area contributed by atoms with E-state index >= 15 is 0 Å². The monoisotopic (exact) mass is 527 g/mol. The van der Waals surface area contributed by atoms with Gasteiger partial charge in [-0.25, -0.2) is 4.98 Å². The molecule has 6 aromatic rings. The van der Waals surface area contributed by atoms with Gasteiger partial charge in [0.2, 0.25) is 0 Å². The van der Waals surface area contributed by atoms with Crippen LogP contribution in [0.5, 0.6) is 0 Å². The molecule has 0 amide bonds. The van der Waals surface area contributed by atoms with Crippen LogP contribution < -0.4 is 9.80 Å². The normalized spacial score (nSPS) is 14.2. The average molecular weight is 528 g/mol. The van der Waals surface area contributed by atoms with Gasteiger partial charge in [0.15, 0.2) is 5.82 Å². The molecular weight excluding hydrogens is 498 g/mol. The van der Waals surface area contributed by atoms with Gasteiger partial charge in [0.1, 0.15) is 0 Å². The fourth-order valence-electron chi connectivity index (χ4n) is 6.61. The van der Waals surface area contributed by atoms with Crippen molar-refractivity contribution in [3.05, 3.63) is 151 Å². The Labute approximate surface area is 241 Å². The van der Waals surface area contributed by atoms with Crippen LogP contribution in [-0.4, -0.2) is 4.98 Å². The molecule has 2 aliphatic rings. The number of anilines is 6. The Morgan fingerprint density at radius 1 is 0.488 bits per heavy atom. The van der Waals surface area contributed by atoms with Crippen molar-refractivity contribution in [3.63, 3.8) is 0 Å². The predicted octanol–water partition coefficient (Wildman–Crippen LogP) is 10.3. The number of pyridine rings is 1. The molecule has 0 fully saturated rings. The molecule has 1 aromatic heterocycles. The molecule has 0 radical (unpaired) electrons. The van der Waals surface area contributed by atoms with Gasteiger partial charge in [0.05, 0.1) is 22.7 Å². The van der Waals surface area contributed by atoms with Gasteiger partial charge >= 0.3 is 0 Å². The molecule has 41 heavy (non-hydrogen) atoms. The quantitative estimate of drug-likeness (QED) is 0.228. The SMILES string of the molecule is CC1(C)c2ccccc2N2c3cccnc3N(c3cc(-c4ccccc4)cc(-c4ccccc4)c3)c3cccc1c32. The first-order valence-corrected chi connectivity index (χ1v) is 14.2. The third-order valence-electron chi connectivity index (χ3n) is 8.58. The number of hydrogen-bond acceptors (Lipinski definition) is 3. The highest BCUT2D eigenvalue weighted by Crippen LogP contribution is 2.61. The van der Waals surface area contributed by atoms with Gasteiger partial charge < -0.3 is 4.90 Å². The molecule has 3 heteroatoms. The van der Waals surface area contributed by atoms with Gasteiger partial charge in [0, 0.05) is 17.3 Å². The zero-order valence-corrected chi connectivity index (χ0v) is 23.1. The van der Waals surface area contributed by atoms with E-state index in [4.69, 9.17) is 4.98 Å². The van der Waals surface area contributed by atoms with E-state index < -0.39 is 0 Å². The molecule has 0 spiro atoms. The molecule has 5 aromatic carbocycles. The van der Waals surface area contributed by atoms with E-state index in [2.05, 4.69) is 151 Å². The topological polar surface area (TPSA) is 19.4 Å². The zero-order chi connectivity index (χ0) is 27.6. The Hall–Kier alpha value is -5.15. The van der Waals surface area contributed by atoms with Crippen LogP contribution in [0.3, 0.4) is 0 Å². The van der Waals surface area contributed by atoms with Gasteiger partial charge in [-0.3, -0.25) is 4.90 Å². The predicted molar refractivity (Wildman–Crippen MR) is 170 cm³/mol. The standard InChI is InChI=1S/C38H29N3/c1-38(2)31-17-9-10-19-33(31)41-35-21-12-22-39-37(35)40(34-20-11-18-32(38)36(34)41)30-24-28(26-13-5-3-6-14-26)23-29(25-30)27-15-7-4-8-16-27/h3-25H,1-2H3. The van der Waals surface area contributed by atoms with Gasteiger partial charge in [-0.2, -0.15) is 0 Å². The third-order valence-corrected chi connectivity index (χ3v) is 8.58. The smallest absolute Gasteiger partial charge is 0.162 e. The summed E-state index contributed by atoms with van der Waals surface area (Å²) in [4.78, 5) is 9.80. The van der Waals surface area contributed by atoms with Crippen LogP contribution in [0.15, 0.2) is 140 Å². The molecule has 2 aliphatic heterocycles. The Morgan fingerprint density at radius 2 is 1.07 bits per heavy atom. The second kappa shape index (κ2) is 8.94. The molecule has 0 saturated heterocycles. The van der Waals surface area contributed by atoms with Crippen molar-refractivity contribution in [1.82, 2.24) is 4.98 Å². The summed E-state index contributed by atoms with van der Waals surface area (Å²) in [5.74, 6) is 0.927. The maximum Gasteiger partial charge on any atom is 0.162 e. The molecule has 0 bridgehead atoms. The van der Waals surface area contributed by atoms with E-state index in [1.54, 1.807) is 0 Å². The highest BCUT2D eigenvalue weighted by molar-refractivity contribution is 6.04. The van der Waals surface area contributed by atoms with E-state index in [9.17, 15) is 0 Å². The summed E-state index contributed by atoms with van der Waals surface area (Å²) < 4.78 is 0. The van der Waals surface area contributed by atoms with Crippen molar-refractivity contribution < 1.29 is 0 Å². The average Bonchev–Trinajstić information content (AvgIpc) is 3.03. The maximum atomic E-state index is 5.03. The van der Waals surface area contributed by atoms with E-state index in [-0.39, 0.29) is 5.41 Å². The summed E-state index contributed by atoms with van der Waals surface area (Å²) in [7, 11) is 0. The number of nitrogens with zero attached hydrogens (tertiary/aromatic N) is 3. The van der Waals surface area contributed by atoms with Crippen molar-refractivity contribution in [2.75, 3.05) is 9.80 Å². The highest BCUT2D eigenvalue weighted by atomic mass is 15.3. The van der Waals surface area contributed by atoms with Crippen molar-refractivity contribution in [3.8, 4) is 22.3 Å². The van der Waals surface area contributed by atoms with Crippen LogP contribution in [0, 0.1) is 0 Å². The summed E-state index contributed by atoms with van der Waals surface area (Å²) in [6.45, 7) is 4.68. The second-order valence-corrected chi connectivity index (χ2v) is 11.3. The fraction of sp³-hybridized carbons (Fsp3) is 0.0789. The van der Waals surface area contributed by atoms with Gasteiger partial charge in [0.25, 0.3) is 0 Å².